The van der Waals surface area contributed by atoms with Crippen LogP contribution in [0.15, 0.2) is 6.07 Å². The fraction of sp³-hybridized carbons (Fsp3) is 0.667. The molecule has 2 N–H and O–H groups in total. The molecule has 0 aromatic carbocycles. The minimum atomic E-state index is -0.505. The standard InChI is InChI=1S/C15H26N4O3/c1-6-19-12(10-11(2)18-19)13(20)16-8-7-9-17-14(21)22-15(3,4)5/h10H,6-9H2,1-5H3,(H,16,20)(H,17,21). The van der Waals surface area contributed by atoms with E-state index in [1.54, 1.807) is 10.7 Å². The lowest BCUT2D eigenvalue weighted by atomic mass is 10.2. The van der Waals surface area contributed by atoms with Gasteiger partial charge in [0.15, 0.2) is 0 Å². The maximum Gasteiger partial charge on any atom is 0.407 e. The number of nitrogens with one attached hydrogen (secondary N) is 2. The van der Waals surface area contributed by atoms with Crippen LogP contribution in [-0.4, -0.2) is 40.5 Å². The van der Waals surface area contributed by atoms with Crippen molar-refractivity contribution in [3.8, 4) is 0 Å². The van der Waals surface area contributed by atoms with Crippen molar-refractivity contribution in [2.24, 2.45) is 0 Å². The molecule has 7 nitrogen and oxygen atoms in total. The number of alkyl carbamates (subject to hydrolysis) is 1. The Balaban J connectivity index is 2.27. The van der Waals surface area contributed by atoms with E-state index in [4.69, 9.17) is 4.74 Å². The molecule has 0 aliphatic carbocycles. The molecule has 0 aliphatic rings. The molecule has 0 unspecified atom stereocenters. The van der Waals surface area contributed by atoms with E-state index in [-0.39, 0.29) is 5.91 Å². The molecule has 7 heteroatoms. The predicted molar refractivity (Wildman–Crippen MR) is 83.8 cm³/mol. The van der Waals surface area contributed by atoms with Crippen molar-refractivity contribution in [2.45, 2.75) is 53.2 Å². The third kappa shape index (κ3) is 6.15. The number of aryl methyl sites for hydroxylation is 2. The molecular formula is C15H26N4O3. The second kappa shape index (κ2) is 7.82. The monoisotopic (exact) mass is 310 g/mol. The van der Waals surface area contributed by atoms with Gasteiger partial charge in [-0.3, -0.25) is 9.48 Å². The number of nitrogens with zero attached hydrogens (tertiary/aromatic N) is 2. The SMILES string of the molecule is CCn1nc(C)cc1C(=O)NCCCNC(=O)OC(C)(C)C. The Kier molecular flexibility index (Phi) is 6.39. The summed E-state index contributed by atoms with van der Waals surface area (Å²) in [6, 6.07) is 1.76. The van der Waals surface area contributed by atoms with Crippen molar-refractivity contribution in [1.82, 2.24) is 20.4 Å². The van der Waals surface area contributed by atoms with E-state index in [0.29, 0.717) is 31.7 Å². The van der Waals surface area contributed by atoms with Crippen molar-refractivity contribution in [3.63, 3.8) is 0 Å². The highest BCUT2D eigenvalue weighted by atomic mass is 16.6. The summed E-state index contributed by atoms with van der Waals surface area (Å²) in [7, 11) is 0. The summed E-state index contributed by atoms with van der Waals surface area (Å²) in [6.07, 6.45) is 0.183. The zero-order valence-electron chi connectivity index (χ0n) is 14.0. The number of hydrogen-bond acceptors (Lipinski definition) is 4. The van der Waals surface area contributed by atoms with E-state index in [1.165, 1.54) is 0 Å². The molecule has 0 aliphatic heterocycles. The van der Waals surface area contributed by atoms with Crippen molar-refractivity contribution < 1.29 is 14.3 Å². The number of ether oxygens (including phenoxy) is 1. The number of carbonyl (C=O) groups is 2. The second-order valence-corrected chi connectivity index (χ2v) is 6.02. The minimum Gasteiger partial charge on any atom is -0.444 e. The number of amides is 2. The maximum absolute atomic E-state index is 12.0. The molecule has 0 atom stereocenters. The predicted octanol–water partition coefficient (Wildman–Crippen LogP) is 1.86. The molecule has 0 saturated heterocycles. The van der Waals surface area contributed by atoms with E-state index in [2.05, 4.69) is 15.7 Å². The summed E-state index contributed by atoms with van der Waals surface area (Å²) in [6.45, 7) is 10.8. The summed E-state index contributed by atoms with van der Waals surface area (Å²) < 4.78 is 6.79. The van der Waals surface area contributed by atoms with Crippen molar-refractivity contribution in [2.75, 3.05) is 13.1 Å². The third-order valence-corrected chi connectivity index (χ3v) is 2.74. The topological polar surface area (TPSA) is 85.3 Å². The first-order valence-corrected chi connectivity index (χ1v) is 7.52. The normalized spacial score (nSPS) is 11.1. The van der Waals surface area contributed by atoms with Gasteiger partial charge in [0.2, 0.25) is 0 Å². The molecule has 0 radical (unpaired) electrons. The van der Waals surface area contributed by atoms with Crippen LogP contribution in [0.4, 0.5) is 4.79 Å². The molecule has 2 amide bonds. The molecule has 0 bridgehead atoms. The zero-order valence-corrected chi connectivity index (χ0v) is 14.0. The molecule has 124 valence electrons. The van der Waals surface area contributed by atoms with Gasteiger partial charge in [0.05, 0.1) is 5.69 Å². The van der Waals surface area contributed by atoms with Crippen LogP contribution < -0.4 is 10.6 Å². The Morgan fingerprint density at radius 1 is 1.27 bits per heavy atom. The highest BCUT2D eigenvalue weighted by Gasteiger charge is 2.15. The Labute approximate surface area is 131 Å². The third-order valence-electron chi connectivity index (χ3n) is 2.74. The summed E-state index contributed by atoms with van der Waals surface area (Å²) >= 11 is 0. The lowest BCUT2D eigenvalue weighted by Crippen LogP contribution is -2.34. The highest BCUT2D eigenvalue weighted by molar-refractivity contribution is 5.92. The summed E-state index contributed by atoms with van der Waals surface area (Å²) in [5.74, 6) is -0.153. The maximum atomic E-state index is 12.0. The van der Waals surface area contributed by atoms with Gasteiger partial charge in [-0.15, -0.1) is 0 Å². The van der Waals surface area contributed by atoms with Gasteiger partial charge in [0, 0.05) is 19.6 Å². The van der Waals surface area contributed by atoms with E-state index in [9.17, 15) is 9.59 Å². The smallest absolute Gasteiger partial charge is 0.407 e. The molecule has 0 fully saturated rings. The van der Waals surface area contributed by atoms with Crippen LogP contribution in [0.1, 0.15) is 50.3 Å². The fourth-order valence-electron chi connectivity index (χ4n) is 1.85. The summed E-state index contributed by atoms with van der Waals surface area (Å²) in [5.41, 5.74) is 0.869. The first-order chi connectivity index (χ1) is 10.2. The Hall–Kier alpha value is -2.05. The van der Waals surface area contributed by atoms with Gasteiger partial charge in [-0.1, -0.05) is 0 Å². The lowest BCUT2D eigenvalue weighted by molar-refractivity contribution is 0.0527. The van der Waals surface area contributed by atoms with Gasteiger partial charge in [-0.25, -0.2) is 4.79 Å². The van der Waals surface area contributed by atoms with Gasteiger partial charge < -0.3 is 15.4 Å². The molecule has 22 heavy (non-hydrogen) atoms. The fourth-order valence-corrected chi connectivity index (χ4v) is 1.85. The van der Waals surface area contributed by atoms with Gasteiger partial charge in [-0.2, -0.15) is 5.10 Å². The summed E-state index contributed by atoms with van der Waals surface area (Å²) in [4.78, 5) is 23.5. The molecule has 1 aromatic heterocycles. The van der Waals surface area contributed by atoms with E-state index in [1.807, 2.05) is 34.6 Å². The Morgan fingerprint density at radius 2 is 1.91 bits per heavy atom. The van der Waals surface area contributed by atoms with Crippen LogP contribution in [0, 0.1) is 6.92 Å². The number of carbonyl (C=O) groups excluding carboxylic acids is 2. The number of hydrogen-bond donors (Lipinski definition) is 2. The minimum absolute atomic E-state index is 0.153. The molecule has 1 heterocycles. The van der Waals surface area contributed by atoms with Crippen molar-refractivity contribution in [1.29, 1.82) is 0 Å². The largest absolute Gasteiger partial charge is 0.444 e. The van der Waals surface area contributed by atoms with Crippen LogP contribution in [-0.2, 0) is 11.3 Å². The number of rotatable bonds is 6. The van der Waals surface area contributed by atoms with Crippen molar-refractivity contribution >= 4 is 12.0 Å². The van der Waals surface area contributed by atoms with Gasteiger partial charge in [-0.05, 0) is 47.1 Å². The first kappa shape index (κ1) is 18.0. The van der Waals surface area contributed by atoms with Gasteiger partial charge in [0.1, 0.15) is 11.3 Å². The van der Waals surface area contributed by atoms with E-state index in [0.717, 1.165) is 5.69 Å². The van der Waals surface area contributed by atoms with Crippen molar-refractivity contribution in [3.05, 3.63) is 17.5 Å². The van der Waals surface area contributed by atoms with E-state index >= 15 is 0 Å². The van der Waals surface area contributed by atoms with Gasteiger partial charge >= 0.3 is 6.09 Å². The quantitative estimate of drug-likeness (QED) is 0.785. The number of aromatic nitrogens is 2. The average molecular weight is 310 g/mol. The van der Waals surface area contributed by atoms with Crippen LogP contribution >= 0.6 is 0 Å². The first-order valence-electron chi connectivity index (χ1n) is 7.52. The molecule has 1 rings (SSSR count). The van der Waals surface area contributed by atoms with Crippen LogP contribution in [0.2, 0.25) is 0 Å². The highest BCUT2D eigenvalue weighted by Crippen LogP contribution is 2.06. The molecule has 1 aromatic rings. The van der Waals surface area contributed by atoms with Crippen LogP contribution in [0.25, 0.3) is 0 Å². The zero-order chi connectivity index (χ0) is 16.8. The average Bonchev–Trinajstić information content (AvgIpc) is 2.77. The Morgan fingerprint density at radius 3 is 2.50 bits per heavy atom. The molecule has 0 spiro atoms. The van der Waals surface area contributed by atoms with Crippen LogP contribution in [0.3, 0.4) is 0 Å². The van der Waals surface area contributed by atoms with Gasteiger partial charge in [0.25, 0.3) is 5.91 Å². The Bertz CT molecular complexity index is 517. The molecule has 0 saturated carbocycles. The second-order valence-electron chi connectivity index (χ2n) is 6.02. The molecular weight excluding hydrogens is 284 g/mol. The summed E-state index contributed by atoms with van der Waals surface area (Å²) in [5, 5.41) is 9.70. The van der Waals surface area contributed by atoms with E-state index < -0.39 is 11.7 Å². The lowest BCUT2D eigenvalue weighted by Gasteiger charge is -2.19. The van der Waals surface area contributed by atoms with Crippen LogP contribution in [0.5, 0.6) is 0 Å².